The Morgan fingerprint density at radius 3 is 2.53 bits per heavy atom. The molecule has 2 N–H and O–H groups in total. The van der Waals surface area contributed by atoms with Gasteiger partial charge in [0.15, 0.2) is 0 Å². The normalized spacial score (nSPS) is 11.4. The van der Waals surface area contributed by atoms with E-state index in [0.29, 0.717) is 13.0 Å². The van der Waals surface area contributed by atoms with Crippen molar-refractivity contribution >= 4 is 5.69 Å². The largest absolute Gasteiger partial charge is 0.330 e. The van der Waals surface area contributed by atoms with Crippen molar-refractivity contribution in [2.45, 2.75) is 20.3 Å². The van der Waals surface area contributed by atoms with Crippen LogP contribution in [0.4, 0.5) is 5.69 Å². The van der Waals surface area contributed by atoms with E-state index in [1.54, 1.807) is 12.1 Å². The van der Waals surface area contributed by atoms with Gasteiger partial charge in [-0.1, -0.05) is 32.0 Å². The van der Waals surface area contributed by atoms with Crippen molar-refractivity contribution in [3.05, 3.63) is 39.9 Å². The van der Waals surface area contributed by atoms with E-state index in [1.165, 1.54) is 6.07 Å². The zero-order valence-corrected chi connectivity index (χ0v) is 9.06. The highest BCUT2D eigenvalue weighted by Crippen LogP contribution is 2.26. The summed E-state index contributed by atoms with van der Waals surface area (Å²) in [7, 11) is 0. The monoisotopic (exact) mass is 208 g/mol. The number of nitro benzene ring substituents is 1. The number of hydrogen-bond donors (Lipinski definition) is 1. The van der Waals surface area contributed by atoms with E-state index in [4.69, 9.17) is 5.73 Å². The van der Waals surface area contributed by atoms with Crippen LogP contribution in [-0.4, -0.2) is 11.5 Å². The molecule has 1 aromatic carbocycles. The molecule has 0 atom stereocenters. The minimum atomic E-state index is -0.345. The van der Waals surface area contributed by atoms with E-state index < -0.39 is 0 Å². The van der Waals surface area contributed by atoms with Gasteiger partial charge in [-0.3, -0.25) is 10.1 Å². The van der Waals surface area contributed by atoms with Gasteiger partial charge in [0.05, 0.1) is 4.92 Å². The predicted octanol–water partition coefficient (Wildman–Crippen LogP) is 2.12. The van der Waals surface area contributed by atoms with Crippen molar-refractivity contribution in [2.24, 2.45) is 11.1 Å². The van der Waals surface area contributed by atoms with Gasteiger partial charge in [0.25, 0.3) is 5.69 Å². The van der Waals surface area contributed by atoms with Gasteiger partial charge in [-0.25, -0.2) is 0 Å². The van der Waals surface area contributed by atoms with E-state index in [1.807, 2.05) is 19.9 Å². The summed E-state index contributed by atoms with van der Waals surface area (Å²) in [5, 5.41) is 10.8. The van der Waals surface area contributed by atoms with Crippen LogP contribution in [0.1, 0.15) is 19.4 Å². The minimum absolute atomic E-state index is 0.105. The van der Waals surface area contributed by atoms with Crippen LogP contribution >= 0.6 is 0 Å². The zero-order chi connectivity index (χ0) is 11.5. The Bertz CT molecular complexity index is 361. The summed E-state index contributed by atoms with van der Waals surface area (Å²) < 4.78 is 0. The molecule has 4 nitrogen and oxygen atoms in total. The number of rotatable bonds is 4. The molecule has 1 aromatic rings. The summed E-state index contributed by atoms with van der Waals surface area (Å²) in [6, 6.07) is 6.81. The lowest BCUT2D eigenvalue weighted by atomic mass is 9.85. The molecular weight excluding hydrogens is 192 g/mol. The van der Waals surface area contributed by atoms with Crippen LogP contribution in [0.25, 0.3) is 0 Å². The minimum Gasteiger partial charge on any atom is -0.330 e. The lowest BCUT2D eigenvalue weighted by Gasteiger charge is -2.21. The Balaban J connectivity index is 2.99. The molecule has 0 saturated carbocycles. The Morgan fingerprint density at radius 2 is 2.00 bits per heavy atom. The zero-order valence-electron chi connectivity index (χ0n) is 9.06. The van der Waals surface area contributed by atoms with Crippen LogP contribution < -0.4 is 5.73 Å². The fourth-order valence-corrected chi connectivity index (χ4v) is 1.43. The Labute approximate surface area is 89.2 Å². The number of para-hydroxylation sites is 1. The van der Waals surface area contributed by atoms with Crippen LogP contribution in [0.5, 0.6) is 0 Å². The summed E-state index contributed by atoms with van der Waals surface area (Å²) >= 11 is 0. The highest BCUT2D eigenvalue weighted by Gasteiger charge is 2.21. The molecule has 1 rings (SSSR count). The fourth-order valence-electron chi connectivity index (χ4n) is 1.43. The first-order valence-electron chi connectivity index (χ1n) is 4.89. The van der Waals surface area contributed by atoms with E-state index in [-0.39, 0.29) is 16.0 Å². The topological polar surface area (TPSA) is 69.2 Å². The van der Waals surface area contributed by atoms with E-state index in [0.717, 1.165) is 5.56 Å². The van der Waals surface area contributed by atoms with Gasteiger partial charge in [-0.15, -0.1) is 0 Å². The highest BCUT2D eigenvalue weighted by molar-refractivity contribution is 5.40. The van der Waals surface area contributed by atoms with E-state index in [9.17, 15) is 10.1 Å². The first-order valence-corrected chi connectivity index (χ1v) is 4.89. The molecule has 82 valence electrons. The number of nitro groups is 1. The molecule has 15 heavy (non-hydrogen) atoms. The van der Waals surface area contributed by atoms with Gasteiger partial charge in [-0.05, 0) is 18.4 Å². The van der Waals surface area contributed by atoms with Gasteiger partial charge in [0, 0.05) is 11.6 Å². The molecule has 0 unspecified atom stereocenters. The van der Waals surface area contributed by atoms with Gasteiger partial charge in [0.1, 0.15) is 0 Å². The van der Waals surface area contributed by atoms with Crippen LogP contribution in [0.2, 0.25) is 0 Å². The number of nitrogens with two attached hydrogens (primary N) is 1. The Kier molecular flexibility index (Phi) is 3.42. The molecule has 0 saturated heterocycles. The van der Waals surface area contributed by atoms with Crippen LogP contribution in [-0.2, 0) is 6.42 Å². The third kappa shape index (κ3) is 3.02. The van der Waals surface area contributed by atoms with Gasteiger partial charge in [0.2, 0.25) is 0 Å². The van der Waals surface area contributed by atoms with Gasteiger partial charge < -0.3 is 5.73 Å². The van der Waals surface area contributed by atoms with Crippen molar-refractivity contribution < 1.29 is 4.92 Å². The van der Waals surface area contributed by atoms with Gasteiger partial charge >= 0.3 is 0 Å². The SMILES string of the molecule is CC(C)(CN)Cc1ccccc1[N+](=O)[O-]. The molecule has 0 aliphatic carbocycles. The van der Waals surface area contributed by atoms with Crippen molar-refractivity contribution in [1.29, 1.82) is 0 Å². The van der Waals surface area contributed by atoms with Gasteiger partial charge in [-0.2, -0.15) is 0 Å². The molecule has 0 aromatic heterocycles. The molecular formula is C11H16N2O2. The second kappa shape index (κ2) is 4.40. The molecule has 0 bridgehead atoms. The van der Waals surface area contributed by atoms with Crippen LogP contribution in [0.15, 0.2) is 24.3 Å². The summed E-state index contributed by atoms with van der Waals surface area (Å²) in [6.45, 7) is 4.52. The third-order valence-electron chi connectivity index (χ3n) is 2.41. The smallest absolute Gasteiger partial charge is 0.272 e. The van der Waals surface area contributed by atoms with Crippen LogP contribution in [0.3, 0.4) is 0 Å². The van der Waals surface area contributed by atoms with E-state index in [2.05, 4.69) is 0 Å². The molecule has 0 amide bonds. The lowest BCUT2D eigenvalue weighted by molar-refractivity contribution is -0.385. The summed E-state index contributed by atoms with van der Waals surface area (Å²) in [5.74, 6) is 0. The quantitative estimate of drug-likeness (QED) is 0.608. The number of benzene rings is 1. The summed E-state index contributed by atoms with van der Waals surface area (Å²) in [5.41, 5.74) is 6.43. The second-order valence-electron chi connectivity index (χ2n) is 4.43. The van der Waals surface area contributed by atoms with Crippen molar-refractivity contribution in [3.8, 4) is 0 Å². The highest BCUT2D eigenvalue weighted by atomic mass is 16.6. The Morgan fingerprint density at radius 1 is 1.40 bits per heavy atom. The molecule has 4 heteroatoms. The van der Waals surface area contributed by atoms with Crippen LogP contribution in [0, 0.1) is 15.5 Å². The van der Waals surface area contributed by atoms with E-state index >= 15 is 0 Å². The average molecular weight is 208 g/mol. The molecule has 0 aliphatic heterocycles. The van der Waals surface area contributed by atoms with Crippen molar-refractivity contribution in [2.75, 3.05) is 6.54 Å². The lowest BCUT2D eigenvalue weighted by Crippen LogP contribution is -2.26. The maximum Gasteiger partial charge on any atom is 0.272 e. The predicted molar refractivity (Wildman–Crippen MR) is 59.6 cm³/mol. The molecule has 0 heterocycles. The average Bonchev–Trinajstić information content (AvgIpc) is 2.18. The Hall–Kier alpha value is -1.42. The van der Waals surface area contributed by atoms with Crippen molar-refractivity contribution in [3.63, 3.8) is 0 Å². The molecule has 0 spiro atoms. The van der Waals surface area contributed by atoms with Crippen molar-refractivity contribution in [1.82, 2.24) is 0 Å². The summed E-state index contributed by atoms with van der Waals surface area (Å²) in [6.07, 6.45) is 0.626. The molecule has 0 aliphatic rings. The number of hydrogen-bond acceptors (Lipinski definition) is 3. The first kappa shape index (κ1) is 11.7. The fraction of sp³-hybridized carbons (Fsp3) is 0.455. The standard InChI is InChI=1S/C11H16N2O2/c1-11(2,8-12)7-9-5-3-4-6-10(9)13(14)15/h3-6H,7-8,12H2,1-2H3. The summed E-state index contributed by atoms with van der Waals surface area (Å²) in [4.78, 5) is 10.4. The molecule has 0 fully saturated rings. The maximum atomic E-state index is 10.8. The maximum absolute atomic E-state index is 10.8. The number of nitrogens with zero attached hydrogens (tertiary/aromatic N) is 1. The second-order valence-corrected chi connectivity index (χ2v) is 4.43. The third-order valence-corrected chi connectivity index (χ3v) is 2.41. The molecule has 0 radical (unpaired) electrons. The first-order chi connectivity index (χ1) is 6.96.